The lowest BCUT2D eigenvalue weighted by Gasteiger charge is -2.25. The molecular formula is C24H33N3O6. The number of ether oxygens (including phenoxy) is 1. The van der Waals surface area contributed by atoms with Crippen molar-refractivity contribution in [3.63, 3.8) is 0 Å². The zero-order chi connectivity index (χ0) is 24.0. The van der Waals surface area contributed by atoms with Crippen molar-refractivity contribution in [1.82, 2.24) is 16.0 Å². The Labute approximate surface area is 193 Å². The monoisotopic (exact) mass is 459 g/mol. The van der Waals surface area contributed by atoms with Crippen molar-refractivity contribution in [2.24, 2.45) is 11.8 Å². The molecule has 3 amide bonds. The van der Waals surface area contributed by atoms with Gasteiger partial charge in [0.05, 0.1) is 0 Å². The highest BCUT2D eigenvalue weighted by molar-refractivity contribution is 5.90. The Balaban J connectivity index is 1.59. The SMILES string of the molecule is CC(C)C[C@H](NC(=O)OC1(Cc2ccccc2)CC1)C(=O)N[C@@H](C[C@@H]1CCNC1=O)C(=O)O. The molecule has 0 unspecified atom stereocenters. The maximum absolute atomic E-state index is 12.9. The van der Waals surface area contributed by atoms with Crippen molar-refractivity contribution in [3.05, 3.63) is 35.9 Å². The lowest BCUT2D eigenvalue weighted by atomic mass is 9.97. The minimum Gasteiger partial charge on any atom is -0.480 e. The van der Waals surface area contributed by atoms with Crippen LogP contribution in [0.3, 0.4) is 0 Å². The zero-order valence-corrected chi connectivity index (χ0v) is 19.1. The number of carbonyl (C=O) groups is 4. The summed E-state index contributed by atoms with van der Waals surface area (Å²) < 4.78 is 5.69. The molecule has 1 aromatic rings. The smallest absolute Gasteiger partial charge is 0.408 e. The minimum atomic E-state index is -1.22. The Morgan fingerprint density at radius 1 is 1.15 bits per heavy atom. The van der Waals surface area contributed by atoms with E-state index in [4.69, 9.17) is 4.74 Å². The molecule has 0 radical (unpaired) electrons. The van der Waals surface area contributed by atoms with E-state index in [1.54, 1.807) is 0 Å². The number of carboxylic acids is 1. The van der Waals surface area contributed by atoms with E-state index in [1.807, 2.05) is 44.2 Å². The summed E-state index contributed by atoms with van der Waals surface area (Å²) in [5.74, 6) is -2.40. The highest BCUT2D eigenvalue weighted by atomic mass is 16.6. The predicted octanol–water partition coefficient (Wildman–Crippen LogP) is 2.00. The Bertz CT molecular complexity index is 868. The maximum atomic E-state index is 12.9. The van der Waals surface area contributed by atoms with Crippen LogP contribution in [0.15, 0.2) is 30.3 Å². The van der Waals surface area contributed by atoms with E-state index >= 15 is 0 Å². The number of amides is 3. The molecule has 2 aliphatic rings. The van der Waals surface area contributed by atoms with Crippen LogP contribution in [0.4, 0.5) is 4.79 Å². The maximum Gasteiger partial charge on any atom is 0.408 e. The number of hydrogen-bond donors (Lipinski definition) is 4. The molecule has 4 N–H and O–H groups in total. The summed E-state index contributed by atoms with van der Waals surface area (Å²) in [5.41, 5.74) is 0.503. The van der Waals surface area contributed by atoms with Gasteiger partial charge in [-0.05, 0) is 43.6 Å². The summed E-state index contributed by atoms with van der Waals surface area (Å²) in [4.78, 5) is 49.1. The molecule has 3 atom stereocenters. The number of nitrogens with one attached hydrogen (secondary N) is 3. The number of aliphatic carboxylic acids is 1. The van der Waals surface area contributed by atoms with E-state index in [0.29, 0.717) is 25.8 Å². The van der Waals surface area contributed by atoms with Crippen molar-refractivity contribution in [3.8, 4) is 0 Å². The minimum absolute atomic E-state index is 0.00589. The highest BCUT2D eigenvalue weighted by Crippen LogP contribution is 2.42. The topological polar surface area (TPSA) is 134 Å². The van der Waals surface area contributed by atoms with E-state index in [0.717, 1.165) is 18.4 Å². The van der Waals surface area contributed by atoms with Gasteiger partial charge in [0.25, 0.3) is 0 Å². The summed E-state index contributed by atoms with van der Waals surface area (Å²) in [7, 11) is 0. The van der Waals surface area contributed by atoms with Crippen LogP contribution in [0.2, 0.25) is 0 Å². The van der Waals surface area contributed by atoms with Crippen LogP contribution in [0.25, 0.3) is 0 Å². The molecule has 1 saturated heterocycles. The van der Waals surface area contributed by atoms with Gasteiger partial charge in [-0.2, -0.15) is 0 Å². The van der Waals surface area contributed by atoms with Gasteiger partial charge in [0.2, 0.25) is 11.8 Å². The fourth-order valence-electron chi connectivity index (χ4n) is 4.14. The molecule has 0 aromatic heterocycles. The second-order valence-electron chi connectivity index (χ2n) is 9.47. The van der Waals surface area contributed by atoms with Gasteiger partial charge in [-0.1, -0.05) is 44.2 Å². The molecule has 1 heterocycles. The van der Waals surface area contributed by atoms with E-state index in [-0.39, 0.29) is 18.2 Å². The van der Waals surface area contributed by atoms with Gasteiger partial charge in [-0.3, -0.25) is 9.59 Å². The molecule has 1 saturated carbocycles. The third-order valence-electron chi connectivity index (χ3n) is 6.10. The Kier molecular flexibility index (Phi) is 7.94. The van der Waals surface area contributed by atoms with Gasteiger partial charge < -0.3 is 25.8 Å². The van der Waals surface area contributed by atoms with Crippen molar-refractivity contribution in [2.45, 2.75) is 70.1 Å². The summed E-state index contributed by atoms with van der Waals surface area (Å²) >= 11 is 0. The number of carbonyl (C=O) groups excluding carboxylic acids is 3. The first kappa shape index (κ1) is 24.5. The van der Waals surface area contributed by atoms with Crippen LogP contribution in [0, 0.1) is 11.8 Å². The average molecular weight is 460 g/mol. The molecule has 33 heavy (non-hydrogen) atoms. The summed E-state index contributed by atoms with van der Waals surface area (Å²) in [6, 6.07) is 7.59. The molecule has 9 heteroatoms. The van der Waals surface area contributed by atoms with Crippen molar-refractivity contribution in [2.75, 3.05) is 6.54 Å². The first-order chi connectivity index (χ1) is 15.7. The molecular weight excluding hydrogens is 426 g/mol. The van der Waals surface area contributed by atoms with Crippen LogP contribution in [0.5, 0.6) is 0 Å². The summed E-state index contributed by atoms with van der Waals surface area (Å²) in [5, 5.41) is 17.4. The van der Waals surface area contributed by atoms with Crippen LogP contribution in [0.1, 0.15) is 51.5 Å². The second-order valence-corrected chi connectivity index (χ2v) is 9.47. The van der Waals surface area contributed by atoms with Gasteiger partial charge in [0.1, 0.15) is 17.7 Å². The first-order valence-corrected chi connectivity index (χ1v) is 11.5. The lowest BCUT2D eigenvalue weighted by Crippen LogP contribution is -2.53. The first-order valence-electron chi connectivity index (χ1n) is 11.5. The number of alkyl carbamates (subject to hydrolysis) is 1. The van der Waals surface area contributed by atoms with E-state index in [1.165, 1.54) is 0 Å². The van der Waals surface area contributed by atoms with E-state index < -0.39 is 41.6 Å². The fourth-order valence-corrected chi connectivity index (χ4v) is 4.14. The Morgan fingerprint density at radius 3 is 2.39 bits per heavy atom. The molecule has 1 aromatic carbocycles. The molecule has 1 aliphatic heterocycles. The molecule has 180 valence electrons. The summed E-state index contributed by atoms with van der Waals surface area (Å²) in [6.07, 6.45) is 2.28. The number of carboxylic acid groups (broad SMARTS) is 1. The van der Waals surface area contributed by atoms with Crippen molar-refractivity contribution >= 4 is 23.9 Å². The number of benzene rings is 1. The van der Waals surface area contributed by atoms with Gasteiger partial charge in [-0.15, -0.1) is 0 Å². The van der Waals surface area contributed by atoms with Crippen LogP contribution in [-0.2, 0) is 25.5 Å². The van der Waals surface area contributed by atoms with Gasteiger partial charge in [-0.25, -0.2) is 9.59 Å². The lowest BCUT2D eigenvalue weighted by molar-refractivity contribution is -0.143. The zero-order valence-electron chi connectivity index (χ0n) is 19.1. The Morgan fingerprint density at radius 2 is 1.85 bits per heavy atom. The normalized spacial score (nSPS) is 20.5. The molecule has 0 spiro atoms. The number of hydrogen-bond acceptors (Lipinski definition) is 5. The third kappa shape index (κ3) is 7.20. The molecule has 0 bridgehead atoms. The molecule has 1 aliphatic carbocycles. The molecule has 2 fully saturated rings. The third-order valence-corrected chi connectivity index (χ3v) is 6.10. The summed E-state index contributed by atoms with van der Waals surface area (Å²) in [6.45, 7) is 4.31. The van der Waals surface area contributed by atoms with Gasteiger partial charge >= 0.3 is 12.1 Å². The second kappa shape index (κ2) is 10.7. The van der Waals surface area contributed by atoms with Crippen LogP contribution >= 0.6 is 0 Å². The van der Waals surface area contributed by atoms with E-state index in [2.05, 4.69) is 16.0 Å². The van der Waals surface area contributed by atoms with Gasteiger partial charge in [0, 0.05) is 18.9 Å². The van der Waals surface area contributed by atoms with Crippen molar-refractivity contribution in [1.29, 1.82) is 0 Å². The predicted molar refractivity (Wildman–Crippen MR) is 120 cm³/mol. The largest absolute Gasteiger partial charge is 0.480 e. The molecule has 9 nitrogen and oxygen atoms in total. The van der Waals surface area contributed by atoms with Crippen LogP contribution < -0.4 is 16.0 Å². The van der Waals surface area contributed by atoms with E-state index in [9.17, 15) is 24.3 Å². The quantitative estimate of drug-likeness (QED) is 0.400. The standard InChI is InChI=1S/C24H33N3O6/c1-15(2)12-18(21(29)26-19(22(30)31)13-17-8-11-25-20(17)28)27-23(32)33-24(9-10-24)14-16-6-4-3-5-7-16/h3-7,15,17-19H,8-14H2,1-2H3,(H,25,28)(H,26,29)(H,27,32)(H,30,31)/t17-,18-,19-/m0/s1. The Hall–Kier alpha value is -3.10. The van der Waals surface area contributed by atoms with Crippen molar-refractivity contribution < 1.29 is 29.0 Å². The number of rotatable bonds is 11. The highest BCUT2D eigenvalue weighted by Gasteiger charge is 2.47. The van der Waals surface area contributed by atoms with Gasteiger partial charge in [0.15, 0.2) is 0 Å². The molecule has 3 rings (SSSR count). The average Bonchev–Trinajstić information content (AvgIpc) is 3.37. The van der Waals surface area contributed by atoms with Crippen LogP contribution in [-0.4, -0.2) is 53.2 Å². The fraction of sp³-hybridized carbons (Fsp3) is 0.583.